The van der Waals surface area contributed by atoms with Crippen molar-refractivity contribution in [1.29, 1.82) is 0 Å². The normalized spacial score (nSPS) is 11.6. The molecule has 1 nitrogen and oxygen atoms in total. The van der Waals surface area contributed by atoms with Crippen molar-refractivity contribution in [1.82, 2.24) is 4.98 Å². The predicted molar refractivity (Wildman–Crippen MR) is 54.9 cm³/mol. The minimum absolute atomic E-state index is 0.960. The van der Waals surface area contributed by atoms with Crippen LogP contribution < -0.4 is 3.71 Å². The Labute approximate surface area is 80.2 Å². The number of halogens is 1. The van der Waals surface area contributed by atoms with Gasteiger partial charge in [0.1, 0.15) is 0 Å². The molecule has 1 rings (SSSR count). The summed E-state index contributed by atoms with van der Waals surface area (Å²) in [7, 11) is 0. The van der Waals surface area contributed by atoms with Gasteiger partial charge in [-0.25, -0.2) is 0 Å². The van der Waals surface area contributed by atoms with E-state index >= 15 is 0 Å². The van der Waals surface area contributed by atoms with Gasteiger partial charge in [0.2, 0.25) is 0 Å². The Balaban J connectivity index is 3.06. The van der Waals surface area contributed by atoms with Gasteiger partial charge < -0.3 is 0 Å². The van der Waals surface area contributed by atoms with Crippen molar-refractivity contribution >= 4 is 38.0 Å². The van der Waals surface area contributed by atoms with Gasteiger partial charge >= 0.3 is 80.6 Å². The molecule has 11 heavy (non-hydrogen) atoms. The van der Waals surface area contributed by atoms with Crippen molar-refractivity contribution in [2.75, 3.05) is 0 Å². The second-order valence-electron chi connectivity index (χ2n) is 3.60. The number of hydrogen-bond acceptors (Lipinski definition) is 1. The Kier molecular flexibility index (Phi) is 2.97. The summed E-state index contributed by atoms with van der Waals surface area (Å²) in [4.78, 5) is 11.5. The number of pyridine rings is 1. The van der Waals surface area contributed by atoms with Crippen LogP contribution in [0.2, 0.25) is 14.8 Å². The van der Waals surface area contributed by atoms with Gasteiger partial charge in [-0.3, -0.25) is 0 Å². The molecule has 0 spiro atoms. The van der Waals surface area contributed by atoms with Crippen molar-refractivity contribution in [2.45, 2.75) is 14.8 Å². The molecule has 0 unspecified atom stereocenters. The first-order valence-electron chi connectivity index (χ1n) is 3.63. The summed E-state index contributed by atoms with van der Waals surface area (Å²) < 4.78 is 2.29. The van der Waals surface area contributed by atoms with E-state index in [0.717, 1.165) is 4.60 Å². The monoisotopic (exact) mass is 321 g/mol. The summed E-state index contributed by atoms with van der Waals surface area (Å²) in [5, 5.41) is 0. The second-order valence-corrected chi connectivity index (χ2v) is 18.7. The SMILES string of the molecule is [CH3][Sn]([CH3])([CH3])[c]1cccc(Br)n1. The first kappa shape index (κ1) is 9.52. The molecule has 0 aliphatic rings. The van der Waals surface area contributed by atoms with Gasteiger partial charge in [-0.15, -0.1) is 0 Å². The van der Waals surface area contributed by atoms with Crippen LogP contribution in [-0.4, -0.2) is 23.4 Å². The molecule has 0 atom stereocenters. The van der Waals surface area contributed by atoms with E-state index in [1.165, 1.54) is 3.71 Å². The molecular weight excluding hydrogens is 309 g/mol. The molecule has 3 heteroatoms. The van der Waals surface area contributed by atoms with Crippen LogP contribution >= 0.6 is 15.9 Å². The Hall–Kier alpha value is 0.429. The fourth-order valence-corrected chi connectivity index (χ4v) is 4.64. The molecule has 0 saturated heterocycles. The fraction of sp³-hybridized carbons (Fsp3) is 0.375. The third kappa shape index (κ3) is 2.75. The molecule has 0 saturated carbocycles. The number of hydrogen-bond donors (Lipinski definition) is 0. The molecule has 0 N–H and O–H groups in total. The molecular formula is C8H12BrNSn. The zero-order valence-electron chi connectivity index (χ0n) is 7.06. The fourth-order valence-electron chi connectivity index (χ4n) is 0.826. The Bertz CT molecular complexity index is 255. The van der Waals surface area contributed by atoms with Gasteiger partial charge in [-0.1, -0.05) is 0 Å². The van der Waals surface area contributed by atoms with Crippen LogP contribution in [0.4, 0.5) is 0 Å². The summed E-state index contributed by atoms with van der Waals surface area (Å²) in [5.41, 5.74) is 0. The van der Waals surface area contributed by atoms with Crippen molar-refractivity contribution in [3.8, 4) is 0 Å². The Morgan fingerprint density at radius 2 is 1.91 bits per heavy atom. The van der Waals surface area contributed by atoms with Crippen molar-refractivity contribution in [2.24, 2.45) is 0 Å². The molecule has 60 valence electrons. The van der Waals surface area contributed by atoms with Gasteiger partial charge in [0.25, 0.3) is 0 Å². The molecule has 0 bridgehead atoms. The van der Waals surface area contributed by atoms with Crippen LogP contribution in [0.3, 0.4) is 0 Å². The maximum absolute atomic E-state index is 4.45. The molecule has 1 aromatic heterocycles. The molecule has 0 fully saturated rings. The van der Waals surface area contributed by atoms with Crippen molar-refractivity contribution in [3.05, 3.63) is 22.8 Å². The molecule has 0 amide bonds. The number of nitrogens with zero attached hydrogens (tertiary/aromatic N) is 1. The number of aromatic nitrogens is 1. The van der Waals surface area contributed by atoms with Gasteiger partial charge in [-0.05, 0) is 0 Å². The second kappa shape index (κ2) is 3.44. The third-order valence-electron chi connectivity index (χ3n) is 1.48. The average Bonchev–Trinajstić information content (AvgIpc) is 1.86. The first-order chi connectivity index (χ1) is 5.00. The zero-order valence-corrected chi connectivity index (χ0v) is 11.5. The topological polar surface area (TPSA) is 12.9 Å². The Morgan fingerprint density at radius 3 is 2.27 bits per heavy atom. The zero-order chi connectivity index (χ0) is 8.48. The Morgan fingerprint density at radius 1 is 1.27 bits per heavy atom. The molecule has 1 heterocycles. The van der Waals surface area contributed by atoms with E-state index in [0.29, 0.717) is 0 Å². The van der Waals surface area contributed by atoms with Crippen LogP contribution in [-0.2, 0) is 0 Å². The van der Waals surface area contributed by atoms with Crippen LogP contribution in [0.25, 0.3) is 0 Å². The maximum atomic E-state index is 4.45. The van der Waals surface area contributed by atoms with Crippen molar-refractivity contribution < 1.29 is 0 Å². The van der Waals surface area contributed by atoms with Crippen LogP contribution in [0.15, 0.2) is 22.8 Å². The quantitative estimate of drug-likeness (QED) is 0.572. The van der Waals surface area contributed by atoms with E-state index in [1.807, 2.05) is 6.07 Å². The summed E-state index contributed by atoms with van der Waals surface area (Å²) in [6.45, 7) is 0. The van der Waals surface area contributed by atoms with E-state index in [2.05, 4.69) is 47.9 Å². The van der Waals surface area contributed by atoms with Gasteiger partial charge in [-0.2, -0.15) is 0 Å². The summed E-state index contributed by atoms with van der Waals surface area (Å²) >= 11 is 1.48. The predicted octanol–water partition coefficient (Wildman–Crippen LogP) is 2.39. The molecule has 0 aliphatic carbocycles. The van der Waals surface area contributed by atoms with E-state index in [4.69, 9.17) is 0 Å². The molecule has 0 aromatic carbocycles. The standard InChI is InChI=1S/C5H3BrN.3CH3.Sn/c6-5-3-1-2-4-7-5;;;;/h1-3H;3*1H3;. The first-order valence-corrected chi connectivity index (χ1v) is 14.4. The van der Waals surface area contributed by atoms with Crippen LogP contribution in [0.1, 0.15) is 0 Å². The average molecular weight is 321 g/mol. The van der Waals surface area contributed by atoms with E-state index in [1.54, 1.807) is 0 Å². The van der Waals surface area contributed by atoms with E-state index in [9.17, 15) is 0 Å². The molecule has 1 aromatic rings. The van der Waals surface area contributed by atoms with Gasteiger partial charge in [0.05, 0.1) is 0 Å². The summed E-state index contributed by atoms with van der Waals surface area (Å²) in [6.07, 6.45) is 0. The van der Waals surface area contributed by atoms with Crippen molar-refractivity contribution in [3.63, 3.8) is 0 Å². The van der Waals surface area contributed by atoms with Gasteiger partial charge in [0.15, 0.2) is 0 Å². The number of rotatable bonds is 1. The van der Waals surface area contributed by atoms with Gasteiger partial charge in [0, 0.05) is 0 Å². The summed E-state index contributed by atoms with van der Waals surface area (Å²) in [6, 6.07) is 6.18. The van der Waals surface area contributed by atoms with Crippen LogP contribution in [0.5, 0.6) is 0 Å². The van der Waals surface area contributed by atoms with E-state index in [-0.39, 0.29) is 0 Å². The molecule has 0 aliphatic heterocycles. The molecule has 0 radical (unpaired) electrons. The third-order valence-corrected chi connectivity index (χ3v) is 7.11. The minimum atomic E-state index is -1.90. The van der Waals surface area contributed by atoms with Crippen LogP contribution in [0, 0.1) is 0 Å². The summed E-state index contributed by atoms with van der Waals surface area (Å²) in [5.74, 6) is 0. The van der Waals surface area contributed by atoms with E-state index < -0.39 is 18.4 Å².